The summed E-state index contributed by atoms with van der Waals surface area (Å²) in [6, 6.07) is 14.1. The number of anilines is 2. The van der Waals surface area contributed by atoms with Gasteiger partial charge in [-0.3, -0.25) is 18.9 Å². The van der Waals surface area contributed by atoms with Crippen LogP contribution in [0.3, 0.4) is 0 Å². The number of aryl methyl sites for hydroxylation is 1. The van der Waals surface area contributed by atoms with Crippen molar-refractivity contribution >= 4 is 57.4 Å². The molecule has 3 aromatic rings. The van der Waals surface area contributed by atoms with Crippen molar-refractivity contribution in [3.8, 4) is 0 Å². The predicted octanol–water partition coefficient (Wildman–Crippen LogP) is 3.55. The summed E-state index contributed by atoms with van der Waals surface area (Å²) < 4.78 is 2.08. The summed E-state index contributed by atoms with van der Waals surface area (Å²) in [5.41, 5.74) is 2.98. The van der Waals surface area contributed by atoms with Crippen molar-refractivity contribution in [1.29, 1.82) is 0 Å². The highest BCUT2D eigenvalue weighted by Crippen LogP contribution is 2.33. The molecule has 2 aliphatic heterocycles. The van der Waals surface area contributed by atoms with Crippen LogP contribution in [0.5, 0.6) is 0 Å². The van der Waals surface area contributed by atoms with Crippen molar-refractivity contribution in [3.05, 3.63) is 75.0 Å². The molecule has 2 fully saturated rings. The van der Waals surface area contributed by atoms with Crippen LogP contribution in [-0.2, 0) is 4.79 Å². The first-order valence-corrected chi connectivity index (χ1v) is 12.5. The third-order valence-corrected chi connectivity index (χ3v) is 7.61. The molecule has 0 radical (unpaired) electrons. The lowest BCUT2D eigenvalue weighted by Gasteiger charge is -2.37. The average Bonchev–Trinajstić information content (AvgIpc) is 3.13. The molecule has 2 saturated heterocycles. The number of thioether (sulfide) groups is 1. The standard InChI is InChI=1S/C25H25N5O2S2/c1-3-29-24(32)20(34-25(29)33)16-19-22(26-21-17(2)8-7-11-30(21)23(19)31)28-14-12-27(13-15-28)18-9-5-4-6-10-18/h4-11,16H,3,12-15H2,1-2H3/b20-16+. The Kier molecular flexibility index (Phi) is 6.14. The number of para-hydroxylation sites is 1. The molecule has 0 N–H and O–H groups in total. The molecule has 7 nitrogen and oxygen atoms in total. The van der Waals surface area contributed by atoms with Crippen molar-refractivity contribution in [1.82, 2.24) is 14.3 Å². The molecule has 1 amide bonds. The molecule has 0 saturated carbocycles. The number of rotatable bonds is 4. The summed E-state index contributed by atoms with van der Waals surface area (Å²) in [4.78, 5) is 37.9. The number of aromatic nitrogens is 2. The first-order chi connectivity index (χ1) is 16.5. The van der Waals surface area contributed by atoms with Gasteiger partial charge in [0.1, 0.15) is 15.8 Å². The topological polar surface area (TPSA) is 61.2 Å². The first kappa shape index (κ1) is 22.6. The molecule has 2 aliphatic rings. The fourth-order valence-electron chi connectivity index (χ4n) is 4.39. The van der Waals surface area contributed by atoms with E-state index in [1.807, 2.05) is 44.2 Å². The second-order valence-electron chi connectivity index (χ2n) is 8.27. The van der Waals surface area contributed by atoms with Crippen LogP contribution in [-0.4, -0.2) is 57.2 Å². The van der Waals surface area contributed by atoms with Crippen molar-refractivity contribution in [2.75, 3.05) is 42.5 Å². The van der Waals surface area contributed by atoms with Gasteiger partial charge in [0.05, 0.1) is 10.5 Å². The summed E-state index contributed by atoms with van der Waals surface area (Å²) in [5, 5.41) is 0. The molecule has 0 bridgehead atoms. The number of piperazine rings is 1. The van der Waals surface area contributed by atoms with Crippen LogP contribution in [0.15, 0.2) is 58.4 Å². The summed E-state index contributed by atoms with van der Waals surface area (Å²) in [6.07, 6.45) is 3.40. The van der Waals surface area contributed by atoms with Crippen LogP contribution in [0.1, 0.15) is 18.1 Å². The van der Waals surface area contributed by atoms with Crippen molar-refractivity contribution in [3.63, 3.8) is 0 Å². The molecule has 1 aromatic carbocycles. The molecule has 5 rings (SSSR count). The van der Waals surface area contributed by atoms with Gasteiger partial charge in [0, 0.05) is 44.6 Å². The summed E-state index contributed by atoms with van der Waals surface area (Å²) in [6.45, 7) is 7.42. The number of nitrogens with zero attached hydrogens (tertiary/aromatic N) is 5. The van der Waals surface area contributed by atoms with E-state index in [1.54, 1.807) is 21.6 Å². The van der Waals surface area contributed by atoms with Gasteiger partial charge in [0.2, 0.25) is 0 Å². The number of fused-ring (bicyclic) bond motifs is 1. The fraction of sp³-hybridized carbons (Fsp3) is 0.280. The number of hydrogen-bond donors (Lipinski definition) is 0. The van der Waals surface area contributed by atoms with Crippen LogP contribution < -0.4 is 15.4 Å². The summed E-state index contributed by atoms with van der Waals surface area (Å²) in [7, 11) is 0. The second-order valence-corrected chi connectivity index (χ2v) is 9.95. The molecule has 0 atom stereocenters. The summed E-state index contributed by atoms with van der Waals surface area (Å²) >= 11 is 6.60. The molecular formula is C25H25N5O2S2. The quantitative estimate of drug-likeness (QED) is 0.409. The molecule has 34 heavy (non-hydrogen) atoms. The number of benzene rings is 1. The van der Waals surface area contributed by atoms with Gasteiger partial charge in [0.25, 0.3) is 11.5 Å². The Bertz CT molecular complexity index is 1360. The third kappa shape index (κ3) is 3.99. The van der Waals surface area contributed by atoms with Gasteiger partial charge in [-0.1, -0.05) is 48.2 Å². The molecule has 0 spiro atoms. The van der Waals surface area contributed by atoms with E-state index in [1.165, 1.54) is 17.4 Å². The first-order valence-electron chi connectivity index (χ1n) is 11.3. The number of carbonyl (C=O) groups is 1. The predicted molar refractivity (Wildman–Crippen MR) is 143 cm³/mol. The lowest BCUT2D eigenvalue weighted by molar-refractivity contribution is -0.121. The Morgan fingerprint density at radius 3 is 2.41 bits per heavy atom. The number of carbonyl (C=O) groups excluding carboxylic acids is 1. The monoisotopic (exact) mass is 491 g/mol. The smallest absolute Gasteiger partial charge is 0.267 e. The van der Waals surface area contributed by atoms with E-state index in [-0.39, 0.29) is 11.5 Å². The minimum absolute atomic E-state index is 0.161. The van der Waals surface area contributed by atoms with Gasteiger partial charge >= 0.3 is 0 Å². The number of pyridine rings is 1. The lowest BCUT2D eigenvalue weighted by Crippen LogP contribution is -2.47. The zero-order valence-corrected chi connectivity index (χ0v) is 20.7. The number of amides is 1. The fourth-order valence-corrected chi connectivity index (χ4v) is 5.75. The normalized spacial score (nSPS) is 17.9. The second kappa shape index (κ2) is 9.23. The van der Waals surface area contributed by atoms with Crippen LogP contribution in [0.25, 0.3) is 11.7 Å². The minimum atomic E-state index is -0.184. The molecular weight excluding hydrogens is 466 g/mol. The van der Waals surface area contributed by atoms with E-state index < -0.39 is 0 Å². The number of thiocarbonyl (C=S) groups is 1. The van der Waals surface area contributed by atoms with Gasteiger partial charge in [-0.2, -0.15) is 0 Å². The average molecular weight is 492 g/mol. The maximum absolute atomic E-state index is 13.6. The largest absolute Gasteiger partial charge is 0.368 e. The van der Waals surface area contributed by atoms with Crippen molar-refractivity contribution < 1.29 is 4.79 Å². The third-order valence-electron chi connectivity index (χ3n) is 6.23. The molecule has 9 heteroatoms. The van der Waals surface area contributed by atoms with E-state index in [0.717, 1.165) is 31.7 Å². The maximum Gasteiger partial charge on any atom is 0.267 e. The molecule has 2 aromatic heterocycles. The SMILES string of the molecule is CCN1C(=O)/C(=C\c2c(N3CCN(c4ccccc4)CC3)nc3c(C)cccn3c2=O)SC1=S. The van der Waals surface area contributed by atoms with Gasteiger partial charge in [-0.15, -0.1) is 0 Å². The molecule has 174 valence electrons. The van der Waals surface area contributed by atoms with Gasteiger partial charge in [-0.05, 0) is 43.7 Å². The molecule has 0 unspecified atom stereocenters. The van der Waals surface area contributed by atoms with E-state index in [0.29, 0.717) is 32.8 Å². The maximum atomic E-state index is 13.6. The highest BCUT2D eigenvalue weighted by Gasteiger charge is 2.32. The Hall–Kier alpha value is -3.17. The molecule has 4 heterocycles. The zero-order chi connectivity index (χ0) is 23.8. The van der Waals surface area contributed by atoms with Crippen LogP contribution in [0, 0.1) is 6.92 Å². The Labute approximate surface area is 207 Å². The van der Waals surface area contributed by atoms with Crippen LogP contribution in [0.2, 0.25) is 0 Å². The zero-order valence-electron chi connectivity index (χ0n) is 19.1. The van der Waals surface area contributed by atoms with Crippen LogP contribution >= 0.6 is 24.0 Å². The minimum Gasteiger partial charge on any atom is -0.368 e. The lowest BCUT2D eigenvalue weighted by atomic mass is 10.2. The Morgan fingerprint density at radius 1 is 1.03 bits per heavy atom. The van der Waals surface area contributed by atoms with E-state index in [9.17, 15) is 9.59 Å². The highest BCUT2D eigenvalue weighted by molar-refractivity contribution is 8.26. The van der Waals surface area contributed by atoms with Crippen molar-refractivity contribution in [2.45, 2.75) is 13.8 Å². The van der Waals surface area contributed by atoms with Crippen LogP contribution in [0.4, 0.5) is 11.5 Å². The Balaban J connectivity index is 1.57. The van der Waals surface area contributed by atoms with E-state index in [4.69, 9.17) is 17.2 Å². The highest BCUT2D eigenvalue weighted by atomic mass is 32.2. The Morgan fingerprint density at radius 2 is 1.74 bits per heavy atom. The summed E-state index contributed by atoms with van der Waals surface area (Å²) in [5.74, 6) is 0.458. The van der Waals surface area contributed by atoms with Crippen molar-refractivity contribution in [2.24, 2.45) is 0 Å². The van der Waals surface area contributed by atoms with E-state index >= 15 is 0 Å². The number of hydrogen-bond acceptors (Lipinski definition) is 7. The van der Waals surface area contributed by atoms with Gasteiger partial charge < -0.3 is 9.80 Å². The van der Waals surface area contributed by atoms with Gasteiger partial charge in [-0.25, -0.2) is 4.98 Å². The van der Waals surface area contributed by atoms with E-state index in [2.05, 4.69) is 21.9 Å². The molecule has 0 aliphatic carbocycles. The number of likely N-dealkylation sites (N-methyl/N-ethyl adjacent to an activating group) is 1. The van der Waals surface area contributed by atoms with Gasteiger partial charge in [0.15, 0.2) is 0 Å².